The van der Waals surface area contributed by atoms with Crippen LogP contribution < -0.4 is 5.76 Å². The molecule has 0 saturated heterocycles. The Morgan fingerprint density at radius 2 is 1.65 bits per heavy atom. The van der Waals surface area contributed by atoms with Gasteiger partial charge in [0.25, 0.3) is 5.91 Å². The molecule has 20 heavy (non-hydrogen) atoms. The molecule has 3 aromatic rings. The molecule has 3 rings (SSSR count). The minimum Gasteiger partial charge on any atom is -0.407 e. The second kappa shape index (κ2) is 4.49. The minimum atomic E-state index is -0.656. The van der Waals surface area contributed by atoms with Crippen LogP contribution in [0.3, 0.4) is 0 Å². The summed E-state index contributed by atoms with van der Waals surface area (Å²) in [5, 5.41) is 0. The van der Waals surface area contributed by atoms with Crippen molar-refractivity contribution in [2.45, 2.75) is 13.8 Å². The molecule has 0 N–H and O–H groups in total. The molecule has 2 aromatic carbocycles. The van der Waals surface area contributed by atoms with Crippen LogP contribution in [0.1, 0.15) is 21.5 Å². The number of aromatic nitrogens is 1. The van der Waals surface area contributed by atoms with Gasteiger partial charge in [-0.15, -0.1) is 0 Å². The molecular formula is C16H13NO3. The van der Waals surface area contributed by atoms with Gasteiger partial charge in [0, 0.05) is 5.56 Å². The first kappa shape index (κ1) is 12.4. The van der Waals surface area contributed by atoms with E-state index in [-0.39, 0.29) is 5.91 Å². The Bertz CT molecular complexity index is 854. The lowest BCUT2D eigenvalue weighted by Crippen LogP contribution is -2.23. The third kappa shape index (κ3) is 1.95. The van der Waals surface area contributed by atoms with Crippen molar-refractivity contribution >= 4 is 17.0 Å². The van der Waals surface area contributed by atoms with Crippen LogP contribution in [0, 0.1) is 13.8 Å². The molecule has 0 aliphatic carbocycles. The van der Waals surface area contributed by atoms with Crippen molar-refractivity contribution in [3.63, 3.8) is 0 Å². The van der Waals surface area contributed by atoms with Crippen LogP contribution >= 0.6 is 0 Å². The highest BCUT2D eigenvalue weighted by Gasteiger charge is 2.17. The highest BCUT2D eigenvalue weighted by molar-refractivity contribution is 6.00. The number of nitrogens with zero attached hydrogens (tertiary/aromatic N) is 1. The molecule has 0 spiro atoms. The average molecular weight is 267 g/mol. The number of hydrogen-bond acceptors (Lipinski definition) is 3. The van der Waals surface area contributed by atoms with E-state index in [9.17, 15) is 9.59 Å². The van der Waals surface area contributed by atoms with Crippen LogP contribution in [-0.2, 0) is 0 Å². The third-order valence-corrected chi connectivity index (χ3v) is 3.24. The van der Waals surface area contributed by atoms with Gasteiger partial charge in [-0.2, -0.15) is 0 Å². The Balaban J connectivity index is 2.19. The number of benzene rings is 2. The second-order valence-corrected chi connectivity index (χ2v) is 4.85. The zero-order valence-corrected chi connectivity index (χ0v) is 11.2. The smallest absolute Gasteiger partial charge is 0.407 e. The van der Waals surface area contributed by atoms with E-state index in [1.54, 1.807) is 24.3 Å². The molecule has 0 saturated carbocycles. The number of rotatable bonds is 1. The fourth-order valence-electron chi connectivity index (χ4n) is 2.14. The molecule has 4 heteroatoms. The summed E-state index contributed by atoms with van der Waals surface area (Å²) in [6.07, 6.45) is 0. The zero-order valence-electron chi connectivity index (χ0n) is 11.2. The van der Waals surface area contributed by atoms with E-state index in [1.165, 1.54) is 0 Å². The van der Waals surface area contributed by atoms with E-state index in [1.807, 2.05) is 32.0 Å². The maximum absolute atomic E-state index is 12.4. The highest BCUT2D eigenvalue weighted by atomic mass is 16.4. The van der Waals surface area contributed by atoms with Gasteiger partial charge in [0.05, 0.1) is 5.52 Å². The van der Waals surface area contributed by atoms with E-state index in [0.29, 0.717) is 16.7 Å². The Hall–Kier alpha value is -2.62. The topological polar surface area (TPSA) is 52.2 Å². The molecule has 0 unspecified atom stereocenters. The van der Waals surface area contributed by atoms with Crippen molar-refractivity contribution in [2.75, 3.05) is 0 Å². The molecule has 0 radical (unpaired) electrons. The fraction of sp³-hybridized carbons (Fsp3) is 0.125. The molecule has 0 aliphatic rings. The monoisotopic (exact) mass is 267 g/mol. The summed E-state index contributed by atoms with van der Waals surface area (Å²) in [6.45, 7) is 3.84. The summed E-state index contributed by atoms with van der Waals surface area (Å²) in [5.74, 6) is -1.03. The normalized spacial score (nSPS) is 10.9. The van der Waals surface area contributed by atoms with Crippen LogP contribution in [0.5, 0.6) is 0 Å². The van der Waals surface area contributed by atoms with Crippen molar-refractivity contribution in [2.24, 2.45) is 0 Å². The number of aryl methyl sites for hydroxylation is 2. The first-order valence-corrected chi connectivity index (χ1v) is 6.30. The van der Waals surface area contributed by atoms with Gasteiger partial charge >= 0.3 is 5.76 Å². The maximum Gasteiger partial charge on any atom is 0.427 e. The molecule has 0 aliphatic heterocycles. The molecule has 1 aromatic heterocycles. The van der Waals surface area contributed by atoms with Gasteiger partial charge in [0.15, 0.2) is 5.58 Å². The molecule has 1 heterocycles. The number of fused-ring (bicyclic) bond motifs is 1. The van der Waals surface area contributed by atoms with Crippen molar-refractivity contribution in [1.29, 1.82) is 0 Å². The highest BCUT2D eigenvalue weighted by Crippen LogP contribution is 2.16. The van der Waals surface area contributed by atoms with Crippen LogP contribution in [0.2, 0.25) is 0 Å². The van der Waals surface area contributed by atoms with Crippen LogP contribution in [0.4, 0.5) is 0 Å². The standard InChI is InChI=1S/C16H13NO3/c1-10-3-6-12(7-4-10)15(18)17-13-8-5-11(2)9-14(13)20-16(17)19/h3-9H,1-2H3. The number of hydrogen-bond donors (Lipinski definition) is 0. The van der Waals surface area contributed by atoms with Gasteiger partial charge in [-0.3, -0.25) is 4.79 Å². The summed E-state index contributed by atoms with van der Waals surface area (Å²) in [5.41, 5.74) is 3.41. The van der Waals surface area contributed by atoms with Crippen molar-refractivity contribution < 1.29 is 9.21 Å². The van der Waals surface area contributed by atoms with Gasteiger partial charge in [-0.25, -0.2) is 9.36 Å². The zero-order chi connectivity index (χ0) is 14.3. The summed E-state index contributed by atoms with van der Waals surface area (Å²) >= 11 is 0. The molecule has 0 fully saturated rings. The van der Waals surface area contributed by atoms with Crippen molar-refractivity contribution in [1.82, 2.24) is 4.57 Å². The Labute approximate surface area is 115 Å². The number of oxazole rings is 1. The van der Waals surface area contributed by atoms with Crippen LogP contribution in [-0.4, -0.2) is 10.5 Å². The van der Waals surface area contributed by atoms with Crippen molar-refractivity contribution in [3.05, 3.63) is 69.7 Å². The summed E-state index contributed by atoms with van der Waals surface area (Å²) in [6, 6.07) is 12.4. The molecule has 4 nitrogen and oxygen atoms in total. The molecule has 0 amide bonds. The Kier molecular flexibility index (Phi) is 2.79. The predicted octanol–water partition coefficient (Wildman–Crippen LogP) is 2.90. The molecule has 0 atom stereocenters. The number of carbonyl (C=O) groups is 1. The van der Waals surface area contributed by atoms with E-state index < -0.39 is 5.76 Å². The predicted molar refractivity (Wildman–Crippen MR) is 76.1 cm³/mol. The third-order valence-electron chi connectivity index (χ3n) is 3.24. The Morgan fingerprint density at radius 1 is 1.00 bits per heavy atom. The van der Waals surface area contributed by atoms with E-state index in [2.05, 4.69) is 0 Å². The summed E-state index contributed by atoms with van der Waals surface area (Å²) < 4.78 is 6.20. The van der Waals surface area contributed by atoms with E-state index in [4.69, 9.17) is 4.42 Å². The Morgan fingerprint density at radius 3 is 2.35 bits per heavy atom. The second-order valence-electron chi connectivity index (χ2n) is 4.85. The summed E-state index contributed by atoms with van der Waals surface area (Å²) in [7, 11) is 0. The average Bonchev–Trinajstić information content (AvgIpc) is 2.73. The lowest BCUT2D eigenvalue weighted by Gasteiger charge is -2.02. The fourth-order valence-corrected chi connectivity index (χ4v) is 2.14. The van der Waals surface area contributed by atoms with Gasteiger partial charge in [-0.1, -0.05) is 23.8 Å². The molecule has 100 valence electrons. The van der Waals surface area contributed by atoms with Gasteiger partial charge in [-0.05, 0) is 43.7 Å². The van der Waals surface area contributed by atoms with Crippen LogP contribution in [0.15, 0.2) is 51.7 Å². The molecule has 0 bridgehead atoms. The lowest BCUT2D eigenvalue weighted by molar-refractivity contribution is 0.0956. The number of carbonyl (C=O) groups excluding carboxylic acids is 1. The summed E-state index contributed by atoms with van der Waals surface area (Å²) in [4.78, 5) is 24.3. The lowest BCUT2D eigenvalue weighted by atomic mass is 10.1. The van der Waals surface area contributed by atoms with Crippen molar-refractivity contribution in [3.8, 4) is 0 Å². The first-order valence-electron chi connectivity index (χ1n) is 6.30. The maximum atomic E-state index is 12.4. The van der Waals surface area contributed by atoms with Gasteiger partial charge in [0.2, 0.25) is 0 Å². The largest absolute Gasteiger partial charge is 0.427 e. The van der Waals surface area contributed by atoms with E-state index in [0.717, 1.165) is 15.7 Å². The van der Waals surface area contributed by atoms with Crippen LogP contribution in [0.25, 0.3) is 11.1 Å². The van der Waals surface area contributed by atoms with E-state index >= 15 is 0 Å². The SMILES string of the molecule is Cc1ccc(C(=O)n2c(=O)oc3cc(C)ccc32)cc1. The first-order chi connectivity index (χ1) is 9.56. The minimum absolute atomic E-state index is 0.377. The van der Waals surface area contributed by atoms with Gasteiger partial charge < -0.3 is 4.42 Å². The quantitative estimate of drug-likeness (QED) is 0.681. The van der Waals surface area contributed by atoms with Gasteiger partial charge in [0.1, 0.15) is 0 Å². The molecular weight excluding hydrogens is 254 g/mol.